The number of aromatic nitrogens is 2. The molecular weight excluding hydrogens is 216 g/mol. The van der Waals surface area contributed by atoms with Crippen LogP contribution >= 0.6 is 0 Å². The first-order valence-electron chi connectivity index (χ1n) is 6.31. The van der Waals surface area contributed by atoms with Crippen LogP contribution in [0.15, 0.2) is 0 Å². The molecule has 1 atom stereocenters. The predicted octanol–water partition coefficient (Wildman–Crippen LogP) is 1.05. The van der Waals surface area contributed by atoms with E-state index in [9.17, 15) is 0 Å². The normalized spacial score (nSPS) is 20.9. The van der Waals surface area contributed by atoms with Crippen LogP contribution in [0.5, 0.6) is 0 Å². The third-order valence-corrected chi connectivity index (χ3v) is 3.60. The number of aliphatic hydroxyl groups excluding tert-OH is 1. The molecule has 2 heterocycles. The molecule has 0 saturated carbocycles. The van der Waals surface area contributed by atoms with Crippen LogP contribution in [0.4, 0.5) is 11.5 Å². The zero-order chi connectivity index (χ0) is 12.4. The van der Waals surface area contributed by atoms with Crippen LogP contribution in [0.3, 0.4) is 0 Å². The van der Waals surface area contributed by atoms with E-state index in [0.717, 1.165) is 36.6 Å². The van der Waals surface area contributed by atoms with Crippen LogP contribution in [0, 0.1) is 6.92 Å². The summed E-state index contributed by atoms with van der Waals surface area (Å²) in [6, 6.07) is 0.394. The summed E-state index contributed by atoms with van der Waals surface area (Å²) in [5.41, 5.74) is 7.77. The highest BCUT2D eigenvalue weighted by molar-refractivity contribution is 5.66. The van der Waals surface area contributed by atoms with Crippen molar-refractivity contribution in [2.24, 2.45) is 7.05 Å². The minimum Gasteiger partial charge on any atom is -0.396 e. The van der Waals surface area contributed by atoms with Crippen molar-refractivity contribution in [1.82, 2.24) is 9.78 Å². The molecule has 1 aliphatic heterocycles. The Labute approximate surface area is 102 Å². The predicted molar refractivity (Wildman–Crippen MR) is 69.0 cm³/mol. The Morgan fingerprint density at radius 2 is 2.24 bits per heavy atom. The number of nitrogens with zero attached hydrogens (tertiary/aromatic N) is 3. The van der Waals surface area contributed by atoms with Gasteiger partial charge in [0, 0.05) is 26.2 Å². The quantitative estimate of drug-likeness (QED) is 0.826. The molecule has 1 aliphatic rings. The van der Waals surface area contributed by atoms with Crippen molar-refractivity contribution in [2.75, 3.05) is 23.8 Å². The first kappa shape index (κ1) is 12.2. The molecule has 1 aromatic heterocycles. The van der Waals surface area contributed by atoms with Gasteiger partial charge in [0.25, 0.3) is 0 Å². The van der Waals surface area contributed by atoms with Crippen molar-refractivity contribution in [3.63, 3.8) is 0 Å². The van der Waals surface area contributed by atoms with E-state index >= 15 is 0 Å². The molecule has 1 saturated heterocycles. The molecule has 0 amide bonds. The van der Waals surface area contributed by atoms with Crippen LogP contribution in [0.1, 0.15) is 31.4 Å². The minimum absolute atomic E-state index is 0.234. The second kappa shape index (κ2) is 4.96. The number of nitrogen functional groups attached to an aromatic ring is 1. The fraction of sp³-hybridized carbons (Fsp3) is 0.750. The summed E-state index contributed by atoms with van der Waals surface area (Å²) in [6.45, 7) is 3.18. The molecule has 96 valence electrons. The van der Waals surface area contributed by atoms with Gasteiger partial charge >= 0.3 is 0 Å². The van der Waals surface area contributed by atoms with Crippen molar-refractivity contribution in [1.29, 1.82) is 0 Å². The van der Waals surface area contributed by atoms with Gasteiger partial charge in [0.15, 0.2) is 5.82 Å². The Morgan fingerprint density at radius 1 is 1.47 bits per heavy atom. The number of aliphatic hydroxyl groups is 1. The molecule has 5 heteroatoms. The first-order valence-corrected chi connectivity index (χ1v) is 6.31. The van der Waals surface area contributed by atoms with E-state index in [1.807, 2.05) is 18.7 Å². The summed E-state index contributed by atoms with van der Waals surface area (Å²) >= 11 is 0. The zero-order valence-corrected chi connectivity index (χ0v) is 10.7. The molecule has 2 rings (SSSR count). The van der Waals surface area contributed by atoms with Crippen LogP contribution in [0.25, 0.3) is 0 Å². The van der Waals surface area contributed by atoms with Crippen molar-refractivity contribution >= 4 is 11.5 Å². The second-order valence-electron chi connectivity index (χ2n) is 4.80. The van der Waals surface area contributed by atoms with Gasteiger partial charge in [-0.05, 0) is 32.6 Å². The average Bonchev–Trinajstić information content (AvgIpc) is 2.55. The topological polar surface area (TPSA) is 67.3 Å². The third-order valence-electron chi connectivity index (χ3n) is 3.60. The maximum atomic E-state index is 9.15. The Kier molecular flexibility index (Phi) is 3.57. The van der Waals surface area contributed by atoms with Gasteiger partial charge in [-0.1, -0.05) is 0 Å². The lowest BCUT2D eigenvalue weighted by molar-refractivity contribution is 0.261. The van der Waals surface area contributed by atoms with Crippen LogP contribution in [0.2, 0.25) is 0 Å². The van der Waals surface area contributed by atoms with Gasteiger partial charge in [-0.3, -0.25) is 4.68 Å². The first-order chi connectivity index (χ1) is 8.15. The average molecular weight is 238 g/mol. The minimum atomic E-state index is 0.234. The monoisotopic (exact) mass is 238 g/mol. The van der Waals surface area contributed by atoms with Gasteiger partial charge in [-0.25, -0.2) is 0 Å². The molecule has 0 radical (unpaired) electrons. The summed E-state index contributed by atoms with van der Waals surface area (Å²) in [6.07, 6.45) is 4.36. The number of anilines is 2. The lowest BCUT2D eigenvalue weighted by Gasteiger charge is -2.37. The van der Waals surface area contributed by atoms with E-state index in [1.54, 1.807) is 0 Å². The highest BCUT2D eigenvalue weighted by atomic mass is 16.3. The second-order valence-corrected chi connectivity index (χ2v) is 4.80. The number of aryl methyl sites for hydroxylation is 2. The van der Waals surface area contributed by atoms with E-state index in [0.29, 0.717) is 6.04 Å². The molecule has 0 spiro atoms. The Bertz CT molecular complexity index is 386. The molecular formula is C12H22N4O. The van der Waals surface area contributed by atoms with E-state index in [2.05, 4.69) is 10.00 Å². The van der Waals surface area contributed by atoms with Crippen molar-refractivity contribution < 1.29 is 5.11 Å². The number of hydrogen-bond donors (Lipinski definition) is 2. The zero-order valence-electron chi connectivity index (χ0n) is 10.7. The van der Waals surface area contributed by atoms with E-state index in [-0.39, 0.29) is 6.61 Å². The number of piperidine rings is 1. The molecule has 0 aliphatic carbocycles. The molecule has 5 nitrogen and oxygen atoms in total. The Balaban J connectivity index is 2.29. The Hall–Kier alpha value is -1.23. The van der Waals surface area contributed by atoms with Gasteiger partial charge in [0.05, 0.1) is 11.4 Å². The number of rotatable bonds is 3. The smallest absolute Gasteiger partial charge is 0.150 e. The lowest BCUT2D eigenvalue weighted by Crippen LogP contribution is -2.41. The molecule has 1 fully saturated rings. The number of nitrogens with two attached hydrogens (primary N) is 1. The summed E-state index contributed by atoms with van der Waals surface area (Å²) in [4.78, 5) is 2.31. The van der Waals surface area contributed by atoms with Gasteiger partial charge in [0.1, 0.15) is 0 Å². The summed E-state index contributed by atoms with van der Waals surface area (Å²) in [7, 11) is 1.93. The summed E-state index contributed by atoms with van der Waals surface area (Å²) < 4.78 is 1.86. The fourth-order valence-corrected chi connectivity index (χ4v) is 2.73. The van der Waals surface area contributed by atoms with E-state index in [1.165, 1.54) is 12.8 Å². The van der Waals surface area contributed by atoms with Crippen molar-refractivity contribution in [3.05, 3.63) is 5.69 Å². The molecule has 17 heavy (non-hydrogen) atoms. The molecule has 1 aromatic rings. The molecule has 0 aromatic carbocycles. The molecule has 0 bridgehead atoms. The molecule has 3 N–H and O–H groups in total. The SMILES string of the molecule is Cc1nn(C)c(N2CCCCC2CCO)c1N. The van der Waals surface area contributed by atoms with E-state index < -0.39 is 0 Å². The van der Waals surface area contributed by atoms with Gasteiger partial charge in [-0.2, -0.15) is 5.10 Å². The van der Waals surface area contributed by atoms with Crippen molar-refractivity contribution in [2.45, 2.75) is 38.6 Å². The van der Waals surface area contributed by atoms with E-state index in [4.69, 9.17) is 10.8 Å². The summed E-state index contributed by atoms with van der Waals surface area (Å²) in [5, 5.41) is 13.5. The highest BCUT2D eigenvalue weighted by Gasteiger charge is 2.26. The highest BCUT2D eigenvalue weighted by Crippen LogP contribution is 2.32. The standard InChI is InChI=1S/C12H22N4O/c1-9-11(13)12(15(2)14-9)16-7-4-3-5-10(16)6-8-17/h10,17H,3-8,13H2,1-2H3. The maximum Gasteiger partial charge on any atom is 0.150 e. The maximum absolute atomic E-state index is 9.15. The Morgan fingerprint density at radius 3 is 2.82 bits per heavy atom. The summed E-state index contributed by atoms with van der Waals surface area (Å²) in [5.74, 6) is 1.01. The van der Waals surface area contributed by atoms with Crippen LogP contribution in [-0.2, 0) is 7.05 Å². The van der Waals surface area contributed by atoms with Crippen LogP contribution in [-0.4, -0.2) is 34.1 Å². The van der Waals surface area contributed by atoms with Gasteiger partial charge in [-0.15, -0.1) is 0 Å². The number of hydrogen-bond acceptors (Lipinski definition) is 4. The van der Waals surface area contributed by atoms with Gasteiger partial charge < -0.3 is 15.7 Å². The fourth-order valence-electron chi connectivity index (χ4n) is 2.73. The van der Waals surface area contributed by atoms with Crippen molar-refractivity contribution in [3.8, 4) is 0 Å². The largest absolute Gasteiger partial charge is 0.396 e. The van der Waals surface area contributed by atoms with Crippen LogP contribution < -0.4 is 10.6 Å². The third kappa shape index (κ3) is 2.24. The molecule has 1 unspecified atom stereocenters. The van der Waals surface area contributed by atoms with Gasteiger partial charge in [0.2, 0.25) is 0 Å². The lowest BCUT2D eigenvalue weighted by atomic mass is 9.99.